The topological polar surface area (TPSA) is 58.4 Å². The smallest absolute Gasteiger partial charge is 0.233 e. The maximum Gasteiger partial charge on any atom is 0.233 e. The lowest BCUT2D eigenvalue weighted by atomic mass is 10.0. The molecule has 1 aliphatic heterocycles. The molecule has 86 valence electrons. The summed E-state index contributed by atoms with van der Waals surface area (Å²) < 4.78 is 0. The van der Waals surface area contributed by atoms with Crippen LogP contribution in [-0.4, -0.2) is 30.4 Å². The van der Waals surface area contributed by atoms with Crippen LogP contribution in [0, 0.1) is 11.8 Å². The second-order valence-corrected chi connectivity index (χ2v) is 4.88. The van der Waals surface area contributed by atoms with Crippen LogP contribution in [0.15, 0.2) is 0 Å². The van der Waals surface area contributed by atoms with Crippen molar-refractivity contribution in [1.29, 1.82) is 0 Å². The SMILES string of the molecule is NNC(=O)CCCN1CC2CCCC2C1. The lowest BCUT2D eigenvalue weighted by Gasteiger charge is -2.15. The molecular weight excluding hydrogens is 190 g/mol. The van der Waals surface area contributed by atoms with Crippen LogP contribution in [0.4, 0.5) is 0 Å². The van der Waals surface area contributed by atoms with Crippen molar-refractivity contribution >= 4 is 5.91 Å². The number of carbonyl (C=O) groups excluding carboxylic acids is 1. The average Bonchev–Trinajstić information content (AvgIpc) is 2.77. The summed E-state index contributed by atoms with van der Waals surface area (Å²) in [6, 6.07) is 0. The standard InChI is InChI=1S/C11H21N3O/c12-13-11(15)5-2-6-14-7-9-3-1-4-10(9)8-14/h9-10H,1-8,12H2,(H,13,15). The maximum atomic E-state index is 10.9. The molecule has 0 aromatic rings. The van der Waals surface area contributed by atoms with Crippen LogP contribution in [0.25, 0.3) is 0 Å². The Bertz CT molecular complexity index is 220. The van der Waals surface area contributed by atoms with Gasteiger partial charge in [0.2, 0.25) is 5.91 Å². The van der Waals surface area contributed by atoms with Gasteiger partial charge in [-0.15, -0.1) is 0 Å². The Labute approximate surface area is 91.2 Å². The highest BCUT2D eigenvalue weighted by atomic mass is 16.2. The minimum atomic E-state index is -0.0469. The Balaban J connectivity index is 1.63. The van der Waals surface area contributed by atoms with Crippen LogP contribution >= 0.6 is 0 Å². The zero-order chi connectivity index (χ0) is 10.7. The molecule has 4 heteroatoms. The van der Waals surface area contributed by atoms with Gasteiger partial charge in [-0.2, -0.15) is 0 Å². The van der Waals surface area contributed by atoms with Crippen LogP contribution in [0.3, 0.4) is 0 Å². The Hall–Kier alpha value is -0.610. The van der Waals surface area contributed by atoms with Gasteiger partial charge in [-0.05, 0) is 37.6 Å². The van der Waals surface area contributed by atoms with Gasteiger partial charge in [-0.3, -0.25) is 10.2 Å². The summed E-state index contributed by atoms with van der Waals surface area (Å²) in [4.78, 5) is 13.4. The summed E-state index contributed by atoms with van der Waals surface area (Å²) in [7, 11) is 0. The Morgan fingerprint density at radius 2 is 2.00 bits per heavy atom. The predicted molar refractivity (Wildman–Crippen MR) is 58.8 cm³/mol. The number of fused-ring (bicyclic) bond motifs is 1. The molecule has 15 heavy (non-hydrogen) atoms. The molecule has 2 aliphatic rings. The van der Waals surface area contributed by atoms with Crippen molar-refractivity contribution in [3.63, 3.8) is 0 Å². The summed E-state index contributed by atoms with van der Waals surface area (Å²) >= 11 is 0. The number of rotatable bonds is 4. The van der Waals surface area contributed by atoms with Gasteiger partial charge in [-0.25, -0.2) is 5.84 Å². The highest BCUT2D eigenvalue weighted by molar-refractivity contribution is 5.75. The van der Waals surface area contributed by atoms with Crippen LogP contribution in [0.5, 0.6) is 0 Å². The number of nitrogens with zero attached hydrogens (tertiary/aromatic N) is 1. The van der Waals surface area contributed by atoms with E-state index in [0.29, 0.717) is 6.42 Å². The number of hydrogen-bond donors (Lipinski definition) is 2. The fourth-order valence-corrected chi connectivity index (χ4v) is 3.05. The molecule has 0 aromatic heterocycles. The second kappa shape index (κ2) is 4.94. The molecule has 3 N–H and O–H groups in total. The molecule has 1 heterocycles. The fraction of sp³-hybridized carbons (Fsp3) is 0.909. The average molecular weight is 211 g/mol. The van der Waals surface area contributed by atoms with Gasteiger partial charge in [0.05, 0.1) is 0 Å². The van der Waals surface area contributed by atoms with E-state index in [1.165, 1.54) is 32.4 Å². The molecule has 2 unspecified atom stereocenters. The third kappa shape index (κ3) is 2.69. The number of carbonyl (C=O) groups is 1. The fourth-order valence-electron chi connectivity index (χ4n) is 3.05. The Morgan fingerprint density at radius 3 is 2.60 bits per heavy atom. The number of likely N-dealkylation sites (tertiary alicyclic amines) is 1. The van der Waals surface area contributed by atoms with Gasteiger partial charge >= 0.3 is 0 Å². The first kappa shape index (κ1) is 10.9. The minimum absolute atomic E-state index is 0.0469. The largest absolute Gasteiger partial charge is 0.303 e. The van der Waals surface area contributed by atoms with E-state index in [4.69, 9.17) is 5.84 Å². The number of nitrogens with two attached hydrogens (primary N) is 1. The molecule has 0 radical (unpaired) electrons. The monoisotopic (exact) mass is 211 g/mol. The van der Waals surface area contributed by atoms with Crippen LogP contribution in [0.1, 0.15) is 32.1 Å². The maximum absolute atomic E-state index is 10.9. The molecule has 0 spiro atoms. The quantitative estimate of drug-likeness (QED) is 0.404. The third-order valence-electron chi connectivity index (χ3n) is 3.84. The van der Waals surface area contributed by atoms with E-state index in [1.54, 1.807) is 0 Å². The first-order valence-corrected chi connectivity index (χ1v) is 6.01. The van der Waals surface area contributed by atoms with Crippen molar-refractivity contribution in [1.82, 2.24) is 10.3 Å². The van der Waals surface area contributed by atoms with Crippen LogP contribution in [0.2, 0.25) is 0 Å². The highest BCUT2D eigenvalue weighted by Crippen LogP contribution is 2.37. The molecule has 1 aliphatic carbocycles. The van der Waals surface area contributed by atoms with Crippen molar-refractivity contribution in [2.45, 2.75) is 32.1 Å². The Kier molecular flexibility index (Phi) is 3.59. The van der Waals surface area contributed by atoms with E-state index in [-0.39, 0.29) is 5.91 Å². The van der Waals surface area contributed by atoms with Crippen molar-refractivity contribution in [3.05, 3.63) is 0 Å². The number of hydrogen-bond acceptors (Lipinski definition) is 3. The molecule has 2 fully saturated rings. The molecule has 0 aromatic carbocycles. The lowest BCUT2D eigenvalue weighted by Crippen LogP contribution is -2.31. The van der Waals surface area contributed by atoms with E-state index in [0.717, 1.165) is 24.8 Å². The van der Waals surface area contributed by atoms with E-state index in [1.807, 2.05) is 0 Å². The normalized spacial score (nSPS) is 30.5. The molecule has 0 bridgehead atoms. The summed E-state index contributed by atoms with van der Waals surface area (Å²) in [5.74, 6) is 6.89. The molecule has 4 nitrogen and oxygen atoms in total. The molecule has 2 atom stereocenters. The first-order valence-electron chi connectivity index (χ1n) is 6.01. The Morgan fingerprint density at radius 1 is 1.33 bits per heavy atom. The van der Waals surface area contributed by atoms with E-state index >= 15 is 0 Å². The summed E-state index contributed by atoms with van der Waals surface area (Å²) in [5, 5.41) is 0. The lowest BCUT2D eigenvalue weighted by molar-refractivity contribution is -0.121. The molecular formula is C11H21N3O. The molecule has 2 rings (SSSR count). The molecule has 1 saturated carbocycles. The van der Waals surface area contributed by atoms with Gasteiger partial charge < -0.3 is 4.90 Å². The van der Waals surface area contributed by atoms with Gasteiger partial charge in [0.1, 0.15) is 0 Å². The van der Waals surface area contributed by atoms with Gasteiger partial charge in [0, 0.05) is 19.5 Å². The summed E-state index contributed by atoms with van der Waals surface area (Å²) in [6.45, 7) is 3.57. The van der Waals surface area contributed by atoms with Crippen molar-refractivity contribution in [2.75, 3.05) is 19.6 Å². The number of nitrogens with one attached hydrogen (secondary N) is 1. The van der Waals surface area contributed by atoms with Crippen molar-refractivity contribution in [3.8, 4) is 0 Å². The first-order chi connectivity index (χ1) is 7.29. The predicted octanol–water partition coefficient (Wildman–Crippen LogP) is 0.488. The number of amides is 1. The summed E-state index contributed by atoms with van der Waals surface area (Å²) in [5.41, 5.74) is 2.17. The third-order valence-corrected chi connectivity index (χ3v) is 3.84. The number of hydrazine groups is 1. The zero-order valence-corrected chi connectivity index (χ0v) is 9.24. The van der Waals surface area contributed by atoms with Crippen LogP contribution in [-0.2, 0) is 4.79 Å². The van der Waals surface area contributed by atoms with Gasteiger partial charge in [0.15, 0.2) is 0 Å². The van der Waals surface area contributed by atoms with Crippen molar-refractivity contribution in [2.24, 2.45) is 17.7 Å². The molecule has 1 amide bonds. The summed E-state index contributed by atoms with van der Waals surface area (Å²) in [6.07, 6.45) is 5.76. The highest BCUT2D eigenvalue weighted by Gasteiger charge is 2.35. The van der Waals surface area contributed by atoms with E-state index < -0.39 is 0 Å². The zero-order valence-electron chi connectivity index (χ0n) is 9.24. The molecule has 1 saturated heterocycles. The van der Waals surface area contributed by atoms with Crippen LogP contribution < -0.4 is 11.3 Å². The van der Waals surface area contributed by atoms with E-state index in [2.05, 4.69) is 10.3 Å². The van der Waals surface area contributed by atoms with E-state index in [9.17, 15) is 4.79 Å². The van der Waals surface area contributed by atoms with Crippen molar-refractivity contribution < 1.29 is 4.79 Å². The van der Waals surface area contributed by atoms with Gasteiger partial charge in [-0.1, -0.05) is 6.42 Å². The second-order valence-electron chi connectivity index (χ2n) is 4.88. The van der Waals surface area contributed by atoms with Gasteiger partial charge in [0.25, 0.3) is 0 Å². The minimum Gasteiger partial charge on any atom is -0.303 e.